The molecule has 0 aliphatic carbocycles. The highest BCUT2D eigenvalue weighted by molar-refractivity contribution is 7.99. The molecular formula is C24H28N4O4S. The highest BCUT2D eigenvalue weighted by atomic mass is 32.2. The van der Waals surface area contributed by atoms with Gasteiger partial charge in [0.05, 0.1) is 37.8 Å². The summed E-state index contributed by atoms with van der Waals surface area (Å²) in [5.41, 5.74) is 1.81. The van der Waals surface area contributed by atoms with Crippen molar-refractivity contribution in [2.24, 2.45) is 5.92 Å². The van der Waals surface area contributed by atoms with Gasteiger partial charge < -0.3 is 19.5 Å². The number of thioether (sulfide) groups is 1. The Morgan fingerprint density at radius 2 is 1.97 bits per heavy atom. The zero-order valence-corrected chi connectivity index (χ0v) is 19.8. The minimum Gasteiger partial charge on any atom is -0.495 e. The summed E-state index contributed by atoms with van der Waals surface area (Å²) < 4.78 is 18.8. The Balaban J connectivity index is 1.44. The quantitative estimate of drug-likeness (QED) is 0.499. The van der Waals surface area contributed by atoms with Gasteiger partial charge in [-0.3, -0.25) is 9.36 Å². The molecule has 0 radical (unpaired) electrons. The van der Waals surface area contributed by atoms with Gasteiger partial charge in [-0.25, -0.2) is 0 Å². The number of methoxy groups -OCH3 is 1. The first kappa shape index (κ1) is 23.0. The molecule has 0 spiro atoms. The smallest absolute Gasteiger partial charge is 0.230 e. The lowest BCUT2D eigenvalue weighted by molar-refractivity contribution is -0.119. The minimum atomic E-state index is -0.151. The number of para-hydroxylation sites is 2. The van der Waals surface area contributed by atoms with E-state index >= 15 is 0 Å². The van der Waals surface area contributed by atoms with E-state index in [1.807, 2.05) is 47.0 Å². The second-order valence-electron chi connectivity index (χ2n) is 7.99. The maximum Gasteiger partial charge on any atom is 0.230 e. The Labute approximate surface area is 197 Å². The molecular weight excluding hydrogens is 440 g/mol. The zero-order chi connectivity index (χ0) is 23.2. The van der Waals surface area contributed by atoms with Gasteiger partial charge in [-0.1, -0.05) is 43.8 Å². The van der Waals surface area contributed by atoms with E-state index in [9.17, 15) is 4.79 Å². The number of hydrogen-bond acceptors (Lipinski definition) is 7. The molecule has 4 rings (SSSR count). The monoisotopic (exact) mass is 468 g/mol. The number of nitrogens with zero attached hydrogens (tertiary/aromatic N) is 3. The number of rotatable bonds is 8. The van der Waals surface area contributed by atoms with Crippen molar-refractivity contribution in [2.45, 2.75) is 31.5 Å². The fraction of sp³-hybridized carbons (Fsp3) is 0.375. The molecule has 3 aromatic rings. The molecule has 0 bridgehead atoms. The summed E-state index contributed by atoms with van der Waals surface area (Å²) in [4.78, 5) is 12.9. The molecule has 0 unspecified atom stereocenters. The molecule has 1 aliphatic heterocycles. The van der Waals surface area contributed by atoms with E-state index < -0.39 is 0 Å². The molecule has 9 heteroatoms. The lowest BCUT2D eigenvalue weighted by atomic mass is 9.95. The van der Waals surface area contributed by atoms with Gasteiger partial charge in [0.1, 0.15) is 12.1 Å². The molecule has 0 saturated carbocycles. The van der Waals surface area contributed by atoms with Crippen molar-refractivity contribution in [1.29, 1.82) is 0 Å². The number of benzene rings is 2. The molecule has 2 heterocycles. The predicted octanol–water partition coefficient (Wildman–Crippen LogP) is 4.04. The van der Waals surface area contributed by atoms with E-state index in [0.717, 1.165) is 29.2 Å². The average molecular weight is 469 g/mol. The van der Waals surface area contributed by atoms with Crippen LogP contribution in [-0.2, 0) is 4.79 Å². The van der Waals surface area contributed by atoms with Crippen molar-refractivity contribution < 1.29 is 19.0 Å². The molecule has 2 aromatic carbocycles. The topological polar surface area (TPSA) is 87.5 Å². The molecule has 1 atom stereocenters. The van der Waals surface area contributed by atoms with Crippen LogP contribution in [0.5, 0.6) is 17.2 Å². The molecule has 1 aliphatic rings. The van der Waals surface area contributed by atoms with Crippen LogP contribution in [0.4, 0.5) is 0 Å². The maximum absolute atomic E-state index is 12.9. The first-order chi connectivity index (χ1) is 16.1. The fourth-order valence-electron chi connectivity index (χ4n) is 3.67. The maximum atomic E-state index is 12.9. The SMILES string of the molecule is COc1ccccc1-n1cnnc1SCC(=O)N[C@H](c1ccc2c(c1)OCCCO2)C(C)C. The van der Waals surface area contributed by atoms with Crippen molar-refractivity contribution >= 4 is 17.7 Å². The Morgan fingerprint density at radius 1 is 1.18 bits per heavy atom. The van der Waals surface area contributed by atoms with E-state index in [0.29, 0.717) is 24.1 Å². The molecule has 8 nitrogen and oxygen atoms in total. The van der Waals surface area contributed by atoms with Crippen molar-refractivity contribution in [2.75, 3.05) is 26.1 Å². The van der Waals surface area contributed by atoms with Crippen LogP contribution in [0.1, 0.15) is 31.9 Å². The summed E-state index contributed by atoms with van der Waals surface area (Å²) >= 11 is 1.33. The molecule has 1 amide bonds. The van der Waals surface area contributed by atoms with E-state index in [-0.39, 0.29) is 23.6 Å². The minimum absolute atomic E-state index is 0.0830. The van der Waals surface area contributed by atoms with Crippen molar-refractivity contribution in [3.8, 4) is 22.9 Å². The largest absolute Gasteiger partial charge is 0.495 e. The first-order valence-electron chi connectivity index (χ1n) is 10.9. The van der Waals surface area contributed by atoms with Crippen molar-refractivity contribution in [1.82, 2.24) is 20.1 Å². The van der Waals surface area contributed by atoms with Crippen molar-refractivity contribution in [3.05, 3.63) is 54.4 Å². The third kappa shape index (κ3) is 5.42. The van der Waals surface area contributed by atoms with Crippen LogP contribution < -0.4 is 19.5 Å². The summed E-state index contributed by atoms with van der Waals surface area (Å²) in [5.74, 6) is 2.50. The van der Waals surface area contributed by atoms with Gasteiger partial charge in [0.2, 0.25) is 5.91 Å². The summed E-state index contributed by atoms with van der Waals surface area (Å²) in [7, 11) is 1.62. The number of carbonyl (C=O) groups excluding carboxylic acids is 1. The number of amides is 1. The van der Waals surface area contributed by atoms with Gasteiger partial charge in [0.15, 0.2) is 16.7 Å². The second-order valence-corrected chi connectivity index (χ2v) is 8.93. The molecule has 0 fully saturated rings. The Bertz CT molecular complexity index is 1100. The number of fused-ring (bicyclic) bond motifs is 1. The van der Waals surface area contributed by atoms with Crippen LogP contribution >= 0.6 is 11.8 Å². The first-order valence-corrected chi connectivity index (χ1v) is 11.9. The lowest BCUT2D eigenvalue weighted by Gasteiger charge is -2.24. The van der Waals surface area contributed by atoms with Gasteiger partial charge >= 0.3 is 0 Å². The normalized spacial score (nSPS) is 13.9. The second kappa shape index (κ2) is 10.6. The highest BCUT2D eigenvalue weighted by Gasteiger charge is 2.22. The molecule has 174 valence electrons. The van der Waals surface area contributed by atoms with E-state index in [1.165, 1.54) is 11.8 Å². The van der Waals surface area contributed by atoms with Gasteiger partial charge in [-0.15, -0.1) is 10.2 Å². The van der Waals surface area contributed by atoms with E-state index in [4.69, 9.17) is 14.2 Å². The average Bonchev–Trinajstić information content (AvgIpc) is 3.17. The number of nitrogens with one attached hydrogen (secondary N) is 1. The van der Waals surface area contributed by atoms with E-state index in [1.54, 1.807) is 13.4 Å². The number of carbonyl (C=O) groups is 1. The predicted molar refractivity (Wildman–Crippen MR) is 126 cm³/mol. The van der Waals surface area contributed by atoms with E-state index in [2.05, 4.69) is 29.4 Å². The van der Waals surface area contributed by atoms with Crippen LogP contribution in [-0.4, -0.2) is 46.7 Å². The summed E-state index contributed by atoms with van der Waals surface area (Å²) in [6, 6.07) is 13.3. The summed E-state index contributed by atoms with van der Waals surface area (Å²) in [6.45, 7) is 5.44. The fourth-order valence-corrected chi connectivity index (χ4v) is 4.40. The standard InChI is InChI=1S/C24H28N4O4S/c1-16(2)23(17-9-10-20-21(13-17)32-12-6-11-31-20)26-22(29)14-33-24-27-25-15-28(24)18-7-4-5-8-19(18)30-3/h4-5,7-10,13,15-16,23H,6,11-12,14H2,1-3H3,(H,26,29)/t23-/m0/s1. The highest BCUT2D eigenvalue weighted by Crippen LogP contribution is 2.34. The molecule has 1 N–H and O–H groups in total. The van der Waals surface area contributed by atoms with Gasteiger partial charge in [0, 0.05) is 6.42 Å². The van der Waals surface area contributed by atoms with Crippen LogP contribution in [0.15, 0.2) is 53.9 Å². The molecule has 1 aromatic heterocycles. The lowest BCUT2D eigenvalue weighted by Crippen LogP contribution is -2.33. The van der Waals surface area contributed by atoms with Crippen LogP contribution in [0.3, 0.4) is 0 Å². The number of aromatic nitrogens is 3. The zero-order valence-electron chi connectivity index (χ0n) is 19.0. The van der Waals surface area contributed by atoms with Gasteiger partial charge in [-0.2, -0.15) is 0 Å². The van der Waals surface area contributed by atoms with Gasteiger partial charge in [0.25, 0.3) is 0 Å². The molecule has 33 heavy (non-hydrogen) atoms. The van der Waals surface area contributed by atoms with Crippen molar-refractivity contribution in [3.63, 3.8) is 0 Å². The third-order valence-corrected chi connectivity index (χ3v) is 6.25. The van der Waals surface area contributed by atoms with Crippen LogP contribution in [0.25, 0.3) is 5.69 Å². The Morgan fingerprint density at radius 3 is 2.76 bits per heavy atom. The number of hydrogen-bond donors (Lipinski definition) is 1. The van der Waals surface area contributed by atoms with Gasteiger partial charge in [-0.05, 0) is 35.7 Å². The summed E-state index contributed by atoms with van der Waals surface area (Å²) in [5, 5.41) is 12.0. The van der Waals surface area contributed by atoms with Crippen LogP contribution in [0, 0.1) is 5.92 Å². The summed E-state index contributed by atoms with van der Waals surface area (Å²) in [6.07, 6.45) is 2.47. The van der Waals surface area contributed by atoms with Crippen LogP contribution in [0.2, 0.25) is 0 Å². The number of ether oxygens (including phenoxy) is 3. The molecule has 0 saturated heterocycles. The third-order valence-electron chi connectivity index (χ3n) is 5.31. The Kier molecular flexibility index (Phi) is 7.39. The Hall–Kier alpha value is -3.20.